The minimum atomic E-state index is 0.631. The van der Waals surface area contributed by atoms with Crippen LogP contribution in [0.15, 0.2) is 18.2 Å². The second-order valence-electron chi connectivity index (χ2n) is 3.88. The van der Waals surface area contributed by atoms with Gasteiger partial charge in [-0.05, 0) is 12.5 Å². The molecule has 0 amide bonds. The van der Waals surface area contributed by atoms with Crippen LogP contribution in [0.4, 0.5) is 0 Å². The van der Waals surface area contributed by atoms with Gasteiger partial charge < -0.3 is 0 Å². The minimum Gasteiger partial charge on any atom is -0.0770 e. The van der Waals surface area contributed by atoms with E-state index < -0.39 is 0 Å². The Hall–Kier alpha value is -0.520. The molecule has 0 aliphatic heterocycles. The van der Waals surface area contributed by atoms with Crippen molar-refractivity contribution >= 4 is 0 Å². The van der Waals surface area contributed by atoms with Gasteiger partial charge in [0, 0.05) is 5.92 Å². The molecule has 0 fully saturated rings. The number of hydrogen-bond acceptors (Lipinski definition) is 0. The average Bonchev–Trinajstić information content (AvgIpc) is 2.63. The Labute approximate surface area is 82.7 Å². The summed E-state index contributed by atoms with van der Waals surface area (Å²) in [6.45, 7) is 2.27. The maximum Gasteiger partial charge on any atom is 0.00240 e. The lowest BCUT2D eigenvalue weighted by Crippen LogP contribution is -1.89. The fourth-order valence-corrected chi connectivity index (χ4v) is 1.75. The maximum atomic E-state index is 3.32. The van der Waals surface area contributed by atoms with E-state index in [2.05, 4.69) is 25.2 Å². The molecule has 1 rings (SSSR count). The molecule has 0 nitrogen and oxygen atoms in total. The van der Waals surface area contributed by atoms with E-state index in [0.717, 1.165) is 0 Å². The Morgan fingerprint density at radius 3 is 2.54 bits per heavy atom. The molecule has 1 aliphatic carbocycles. The molecule has 1 radical (unpaired) electrons. The molecule has 0 spiro atoms. The first-order valence-electron chi connectivity index (χ1n) is 5.69. The number of unbranched alkanes of at least 4 members (excludes halogenated alkanes) is 5. The summed E-state index contributed by atoms with van der Waals surface area (Å²) in [5, 5.41) is 0. The quantitative estimate of drug-likeness (QED) is 0.509. The molecule has 0 aromatic carbocycles. The molecule has 0 aromatic rings. The smallest absolute Gasteiger partial charge is 0.00240 e. The minimum absolute atomic E-state index is 0.631. The van der Waals surface area contributed by atoms with Crippen LogP contribution in [-0.4, -0.2) is 0 Å². The van der Waals surface area contributed by atoms with Gasteiger partial charge in [-0.2, -0.15) is 0 Å². The van der Waals surface area contributed by atoms with E-state index in [1.54, 1.807) is 0 Å². The predicted molar refractivity (Wildman–Crippen MR) is 58.4 cm³/mol. The third-order valence-corrected chi connectivity index (χ3v) is 2.62. The zero-order valence-corrected chi connectivity index (χ0v) is 8.76. The Kier molecular flexibility index (Phi) is 5.64. The van der Waals surface area contributed by atoms with Crippen LogP contribution in [0.3, 0.4) is 0 Å². The zero-order valence-electron chi connectivity index (χ0n) is 8.76. The summed E-state index contributed by atoms with van der Waals surface area (Å²) >= 11 is 0. The van der Waals surface area contributed by atoms with Crippen molar-refractivity contribution in [2.45, 2.75) is 51.9 Å². The summed E-state index contributed by atoms with van der Waals surface area (Å²) in [4.78, 5) is 0. The molecule has 73 valence electrons. The summed E-state index contributed by atoms with van der Waals surface area (Å²) in [5.74, 6) is 0.631. The molecule has 0 aromatic heterocycles. The van der Waals surface area contributed by atoms with E-state index in [1.807, 2.05) is 6.08 Å². The molecular formula is C13H21. The molecular weight excluding hydrogens is 156 g/mol. The van der Waals surface area contributed by atoms with Crippen molar-refractivity contribution in [2.24, 2.45) is 5.92 Å². The van der Waals surface area contributed by atoms with Crippen molar-refractivity contribution < 1.29 is 0 Å². The van der Waals surface area contributed by atoms with Gasteiger partial charge in [-0.25, -0.2) is 0 Å². The van der Waals surface area contributed by atoms with Crippen LogP contribution in [-0.2, 0) is 0 Å². The Balaban J connectivity index is 1.84. The highest BCUT2D eigenvalue weighted by molar-refractivity contribution is 5.12. The van der Waals surface area contributed by atoms with Crippen LogP contribution in [0.5, 0.6) is 0 Å². The summed E-state index contributed by atoms with van der Waals surface area (Å²) in [7, 11) is 0. The van der Waals surface area contributed by atoms with E-state index in [0.29, 0.717) is 5.92 Å². The maximum absolute atomic E-state index is 3.32. The summed E-state index contributed by atoms with van der Waals surface area (Å²) in [5.41, 5.74) is 0. The van der Waals surface area contributed by atoms with Crippen molar-refractivity contribution in [3.05, 3.63) is 24.3 Å². The van der Waals surface area contributed by atoms with Gasteiger partial charge in [-0.3, -0.25) is 0 Å². The second-order valence-corrected chi connectivity index (χ2v) is 3.88. The predicted octanol–water partition coefficient (Wildman–Crippen LogP) is 4.28. The third-order valence-electron chi connectivity index (χ3n) is 2.62. The molecule has 1 aliphatic rings. The lowest BCUT2D eigenvalue weighted by atomic mass is 10.0. The Bertz CT molecular complexity index is 153. The van der Waals surface area contributed by atoms with Gasteiger partial charge in [0.15, 0.2) is 0 Å². The van der Waals surface area contributed by atoms with Crippen molar-refractivity contribution in [3.8, 4) is 0 Å². The summed E-state index contributed by atoms with van der Waals surface area (Å²) in [6.07, 6.45) is 19.4. The number of hydrogen-bond donors (Lipinski definition) is 0. The summed E-state index contributed by atoms with van der Waals surface area (Å²) in [6, 6.07) is 0. The first kappa shape index (κ1) is 10.6. The van der Waals surface area contributed by atoms with Gasteiger partial charge in [0.25, 0.3) is 0 Å². The molecule has 0 saturated heterocycles. The highest BCUT2D eigenvalue weighted by Gasteiger charge is 2.02. The highest BCUT2D eigenvalue weighted by atomic mass is 14.1. The van der Waals surface area contributed by atoms with Crippen LogP contribution in [0, 0.1) is 12.0 Å². The highest BCUT2D eigenvalue weighted by Crippen LogP contribution is 2.16. The molecule has 0 saturated carbocycles. The van der Waals surface area contributed by atoms with Crippen molar-refractivity contribution in [3.63, 3.8) is 0 Å². The molecule has 0 N–H and O–H groups in total. The topological polar surface area (TPSA) is 0 Å². The first-order chi connectivity index (χ1) is 6.43. The third kappa shape index (κ3) is 4.92. The van der Waals surface area contributed by atoms with Gasteiger partial charge in [-0.15, -0.1) is 0 Å². The second kappa shape index (κ2) is 6.94. The van der Waals surface area contributed by atoms with Gasteiger partial charge in [0.2, 0.25) is 0 Å². The summed E-state index contributed by atoms with van der Waals surface area (Å²) < 4.78 is 0. The molecule has 1 unspecified atom stereocenters. The van der Waals surface area contributed by atoms with Gasteiger partial charge >= 0.3 is 0 Å². The van der Waals surface area contributed by atoms with Crippen molar-refractivity contribution in [1.29, 1.82) is 0 Å². The van der Waals surface area contributed by atoms with Crippen LogP contribution >= 0.6 is 0 Å². The lowest BCUT2D eigenvalue weighted by molar-refractivity contribution is 0.561. The van der Waals surface area contributed by atoms with Gasteiger partial charge in [-0.1, -0.05) is 63.7 Å². The fourth-order valence-electron chi connectivity index (χ4n) is 1.75. The van der Waals surface area contributed by atoms with Crippen LogP contribution in [0.2, 0.25) is 0 Å². The van der Waals surface area contributed by atoms with Crippen molar-refractivity contribution in [1.82, 2.24) is 0 Å². The van der Waals surface area contributed by atoms with Crippen LogP contribution < -0.4 is 0 Å². The SMILES string of the molecule is CCCCCCCCC1[C]=CC=C1. The lowest BCUT2D eigenvalue weighted by Gasteiger charge is -2.03. The molecule has 13 heavy (non-hydrogen) atoms. The van der Waals surface area contributed by atoms with Gasteiger partial charge in [0.05, 0.1) is 0 Å². The van der Waals surface area contributed by atoms with E-state index in [4.69, 9.17) is 0 Å². The standard InChI is InChI=1S/C13H21/c1-2-3-4-5-6-7-10-13-11-8-9-12-13/h8-9,11,13H,2-7,10H2,1H3. The normalized spacial score (nSPS) is 15.8. The Morgan fingerprint density at radius 1 is 1.08 bits per heavy atom. The van der Waals surface area contributed by atoms with E-state index in [1.165, 1.54) is 44.9 Å². The van der Waals surface area contributed by atoms with Gasteiger partial charge in [0.1, 0.15) is 0 Å². The van der Waals surface area contributed by atoms with Crippen LogP contribution in [0.25, 0.3) is 0 Å². The number of allylic oxidation sites excluding steroid dienone is 4. The first-order valence-corrected chi connectivity index (χ1v) is 5.69. The Morgan fingerprint density at radius 2 is 1.85 bits per heavy atom. The molecule has 0 heteroatoms. The van der Waals surface area contributed by atoms with Crippen LogP contribution in [0.1, 0.15) is 51.9 Å². The van der Waals surface area contributed by atoms with Crippen molar-refractivity contribution in [2.75, 3.05) is 0 Å². The fraction of sp³-hybridized carbons (Fsp3) is 0.692. The molecule has 0 heterocycles. The zero-order chi connectivity index (χ0) is 9.36. The number of rotatable bonds is 7. The van der Waals surface area contributed by atoms with E-state index >= 15 is 0 Å². The van der Waals surface area contributed by atoms with E-state index in [9.17, 15) is 0 Å². The monoisotopic (exact) mass is 177 g/mol. The molecule has 0 bridgehead atoms. The molecule has 1 atom stereocenters. The largest absolute Gasteiger partial charge is 0.0770 e. The van der Waals surface area contributed by atoms with E-state index in [-0.39, 0.29) is 0 Å². The average molecular weight is 177 g/mol.